The molecule has 0 aromatic heterocycles. The number of rotatable bonds is 59. The maximum atomic E-state index is 12.5. The number of hydrogen-bond acceptors (Lipinski definition) is 5. The van der Waals surface area contributed by atoms with Crippen LogP contribution < -0.4 is 5.32 Å². The summed E-state index contributed by atoms with van der Waals surface area (Å²) in [5.74, 6) is -0.0748. The van der Waals surface area contributed by atoms with Gasteiger partial charge < -0.3 is 20.3 Å². The van der Waals surface area contributed by atoms with Crippen molar-refractivity contribution in [1.29, 1.82) is 0 Å². The second kappa shape index (κ2) is 61.4. The molecule has 0 bridgehead atoms. The molecule has 0 aromatic rings. The first-order valence-corrected chi connectivity index (χ1v) is 31.9. The number of amides is 1. The molecule has 0 saturated carbocycles. The van der Waals surface area contributed by atoms with E-state index in [9.17, 15) is 19.8 Å². The smallest absolute Gasteiger partial charge is 0.305 e. The minimum atomic E-state index is -0.850. The standard InChI is InChI=1S/C66H123NO5/c1-3-5-7-9-11-13-15-17-19-21-28-32-36-40-44-48-52-56-60-66(71)72-61-57-53-49-45-41-37-33-29-26-24-22-23-25-27-31-35-39-43-47-51-55-59-65(70)67-63(62-68)64(69)58-54-50-46-42-38-34-30-20-18-16-14-12-10-8-6-4-2/h13,15,19,21,23,25,54,58,63-64,68-69H,3-12,14,16-18,20,22,24,26-53,55-57,59-62H2,1-2H3,(H,67,70)/b15-13-,21-19-,25-23-,58-54+. The molecule has 0 fully saturated rings. The first-order chi connectivity index (χ1) is 35.5. The lowest BCUT2D eigenvalue weighted by atomic mass is 10.0. The third-order valence-electron chi connectivity index (χ3n) is 14.6. The first kappa shape index (κ1) is 69.8. The van der Waals surface area contributed by atoms with Gasteiger partial charge >= 0.3 is 5.97 Å². The molecule has 0 aliphatic heterocycles. The molecule has 422 valence electrons. The summed E-state index contributed by atoms with van der Waals surface area (Å²) in [6, 6.07) is -0.635. The van der Waals surface area contributed by atoms with Gasteiger partial charge in [0, 0.05) is 12.8 Å². The summed E-state index contributed by atoms with van der Waals surface area (Å²) in [5, 5.41) is 23.1. The molecule has 0 aliphatic carbocycles. The Morgan fingerprint density at radius 3 is 1.08 bits per heavy atom. The number of unbranched alkanes of at least 4 members (excludes halogenated alkanes) is 42. The highest BCUT2D eigenvalue weighted by Crippen LogP contribution is 2.17. The highest BCUT2D eigenvalue weighted by Gasteiger charge is 2.18. The molecule has 0 saturated heterocycles. The van der Waals surface area contributed by atoms with E-state index >= 15 is 0 Å². The van der Waals surface area contributed by atoms with Crippen molar-refractivity contribution in [1.82, 2.24) is 5.32 Å². The molecule has 6 nitrogen and oxygen atoms in total. The molecule has 1 amide bonds. The highest BCUT2D eigenvalue weighted by molar-refractivity contribution is 5.76. The van der Waals surface area contributed by atoms with Gasteiger partial charge in [0.1, 0.15) is 0 Å². The molecule has 0 heterocycles. The zero-order valence-corrected chi connectivity index (χ0v) is 48.2. The van der Waals surface area contributed by atoms with Crippen LogP contribution in [0.15, 0.2) is 48.6 Å². The third-order valence-corrected chi connectivity index (χ3v) is 14.6. The van der Waals surface area contributed by atoms with E-state index in [2.05, 4.69) is 55.6 Å². The Morgan fingerprint density at radius 1 is 0.389 bits per heavy atom. The van der Waals surface area contributed by atoms with Gasteiger partial charge in [-0.2, -0.15) is 0 Å². The summed E-state index contributed by atoms with van der Waals surface area (Å²) in [6.07, 6.45) is 78.6. The third kappa shape index (κ3) is 57.1. The Balaban J connectivity index is 3.45. The van der Waals surface area contributed by atoms with E-state index in [0.29, 0.717) is 19.4 Å². The average Bonchev–Trinajstić information content (AvgIpc) is 3.38. The molecule has 0 spiro atoms. The fourth-order valence-electron chi connectivity index (χ4n) is 9.66. The van der Waals surface area contributed by atoms with Crippen molar-refractivity contribution >= 4 is 11.9 Å². The van der Waals surface area contributed by atoms with Crippen LogP contribution in [0.4, 0.5) is 0 Å². The highest BCUT2D eigenvalue weighted by atomic mass is 16.5. The number of aliphatic hydroxyl groups is 2. The van der Waals surface area contributed by atoms with Crippen molar-refractivity contribution in [2.45, 2.75) is 347 Å². The zero-order valence-electron chi connectivity index (χ0n) is 48.2. The number of allylic oxidation sites excluding steroid dienone is 7. The Labute approximate surface area is 448 Å². The average molecular weight is 1010 g/mol. The Hall–Kier alpha value is -2.18. The van der Waals surface area contributed by atoms with E-state index in [0.717, 1.165) is 57.8 Å². The molecule has 0 aliphatic rings. The lowest BCUT2D eigenvalue weighted by Crippen LogP contribution is -2.45. The predicted molar refractivity (Wildman–Crippen MR) is 315 cm³/mol. The van der Waals surface area contributed by atoms with E-state index in [1.807, 2.05) is 6.08 Å². The van der Waals surface area contributed by atoms with Crippen LogP contribution in [0, 0.1) is 0 Å². The van der Waals surface area contributed by atoms with Crippen LogP contribution >= 0.6 is 0 Å². The Morgan fingerprint density at radius 2 is 0.694 bits per heavy atom. The summed E-state index contributed by atoms with van der Waals surface area (Å²) >= 11 is 0. The maximum Gasteiger partial charge on any atom is 0.305 e. The molecule has 2 atom stereocenters. The van der Waals surface area contributed by atoms with Crippen LogP contribution in [0.3, 0.4) is 0 Å². The van der Waals surface area contributed by atoms with Crippen molar-refractivity contribution in [2.24, 2.45) is 0 Å². The number of carbonyl (C=O) groups excluding carboxylic acids is 2. The van der Waals surface area contributed by atoms with Gasteiger partial charge in [0.25, 0.3) is 0 Å². The van der Waals surface area contributed by atoms with Gasteiger partial charge in [0.2, 0.25) is 5.91 Å². The zero-order chi connectivity index (χ0) is 52.2. The number of aliphatic hydroxyl groups excluding tert-OH is 2. The molecule has 6 heteroatoms. The molecule has 0 radical (unpaired) electrons. The SMILES string of the molecule is CCCCCC/C=C\C/C=C\CCCCCCCCCC(=O)OCCCCCCCCCCCC/C=C\CCCCCCCCCC(=O)NC(CO)C(O)/C=C/CCCCCCCCCCCCCCCC. The van der Waals surface area contributed by atoms with Gasteiger partial charge in [-0.05, 0) is 89.9 Å². The minimum Gasteiger partial charge on any atom is -0.466 e. The van der Waals surface area contributed by atoms with Crippen molar-refractivity contribution in [3.63, 3.8) is 0 Å². The normalized spacial score (nSPS) is 12.9. The summed E-state index contributed by atoms with van der Waals surface area (Å²) in [6.45, 7) is 4.89. The van der Waals surface area contributed by atoms with E-state index in [4.69, 9.17) is 4.74 Å². The van der Waals surface area contributed by atoms with Gasteiger partial charge in [-0.1, -0.05) is 281 Å². The lowest BCUT2D eigenvalue weighted by molar-refractivity contribution is -0.143. The second-order valence-electron chi connectivity index (χ2n) is 21.7. The second-order valence-corrected chi connectivity index (χ2v) is 21.7. The summed E-state index contributed by atoms with van der Waals surface area (Å²) < 4.78 is 5.49. The maximum absolute atomic E-state index is 12.5. The first-order valence-electron chi connectivity index (χ1n) is 31.9. The van der Waals surface area contributed by atoms with Crippen LogP contribution in [0.5, 0.6) is 0 Å². The van der Waals surface area contributed by atoms with E-state index in [1.54, 1.807) is 6.08 Å². The van der Waals surface area contributed by atoms with E-state index in [-0.39, 0.29) is 18.5 Å². The number of carbonyl (C=O) groups is 2. The van der Waals surface area contributed by atoms with E-state index in [1.165, 1.54) is 250 Å². The largest absolute Gasteiger partial charge is 0.466 e. The number of ether oxygens (including phenoxy) is 1. The van der Waals surface area contributed by atoms with Crippen molar-refractivity contribution in [3.05, 3.63) is 48.6 Å². The minimum absolute atomic E-state index is 0.000108. The van der Waals surface area contributed by atoms with Gasteiger partial charge in [-0.3, -0.25) is 9.59 Å². The van der Waals surface area contributed by atoms with Crippen molar-refractivity contribution in [2.75, 3.05) is 13.2 Å². The van der Waals surface area contributed by atoms with Crippen LogP contribution in [0.1, 0.15) is 335 Å². The predicted octanol–water partition coefficient (Wildman–Crippen LogP) is 20.1. The molecular weight excluding hydrogens is 887 g/mol. The van der Waals surface area contributed by atoms with Gasteiger partial charge in [0.15, 0.2) is 0 Å². The summed E-state index contributed by atoms with van der Waals surface area (Å²) in [4.78, 5) is 24.6. The number of nitrogens with one attached hydrogen (secondary N) is 1. The van der Waals surface area contributed by atoms with Crippen molar-refractivity contribution in [3.8, 4) is 0 Å². The topological polar surface area (TPSA) is 95.9 Å². The van der Waals surface area contributed by atoms with Crippen LogP contribution in [-0.4, -0.2) is 47.4 Å². The Bertz CT molecular complexity index is 1210. The fraction of sp³-hybridized carbons (Fsp3) is 0.848. The summed E-state index contributed by atoms with van der Waals surface area (Å²) in [5.41, 5.74) is 0. The van der Waals surface area contributed by atoms with Gasteiger partial charge in [0.05, 0.1) is 25.4 Å². The van der Waals surface area contributed by atoms with Crippen LogP contribution in [0.2, 0.25) is 0 Å². The van der Waals surface area contributed by atoms with Crippen molar-refractivity contribution < 1.29 is 24.5 Å². The van der Waals surface area contributed by atoms with Gasteiger partial charge in [-0.25, -0.2) is 0 Å². The fourth-order valence-corrected chi connectivity index (χ4v) is 9.66. The molecule has 72 heavy (non-hydrogen) atoms. The molecule has 0 rings (SSSR count). The number of hydrogen-bond donors (Lipinski definition) is 3. The quantitative estimate of drug-likeness (QED) is 0.0320. The molecule has 3 N–H and O–H groups in total. The Kier molecular flexibility index (Phi) is 59.5. The molecular formula is C66H123NO5. The van der Waals surface area contributed by atoms with Crippen LogP contribution in [0.25, 0.3) is 0 Å². The van der Waals surface area contributed by atoms with E-state index < -0.39 is 12.1 Å². The monoisotopic (exact) mass is 1010 g/mol. The van der Waals surface area contributed by atoms with Crippen LogP contribution in [-0.2, 0) is 14.3 Å². The molecule has 0 aromatic carbocycles. The van der Waals surface area contributed by atoms with Gasteiger partial charge in [-0.15, -0.1) is 0 Å². The number of esters is 1. The summed E-state index contributed by atoms with van der Waals surface area (Å²) in [7, 11) is 0. The molecule has 2 unspecified atom stereocenters. The lowest BCUT2D eigenvalue weighted by Gasteiger charge is -2.20.